The molecule has 9 nitrogen and oxygen atoms in total. The Hall–Kier alpha value is -3.35. The van der Waals surface area contributed by atoms with Crippen LogP contribution in [0.1, 0.15) is 62.9 Å². The lowest BCUT2D eigenvalue weighted by molar-refractivity contribution is -0.0371. The van der Waals surface area contributed by atoms with Crippen LogP contribution in [0, 0.1) is 25.2 Å². The van der Waals surface area contributed by atoms with Crippen molar-refractivity contribution in [3.63, 3.8) is 0 Å². The number of aromatic nitrogens is 6. The molecule has 0 amide bonds. The number of aryl methyl sites for hydroxylation is 2. The normalized spacial score (nSPS) is 15.2. The minimum Gasteiger partial charge on any atom is -0.356 e. The van der Waals surface area contributed by atoms with Crippen molar-refractivity contribution in [1.29, 1.82) is 5.26 Å². The van der Waals surface area contributed by atoms with Crippen LogP contribution >= 0.6 is 0 Å². The van der Waals surface area contributed by atoms with Crippen LogP contribution in [0.2, 0.25) is 0 Å². The molecule has 1 unspecified atom stereocenters. The Morgan fingerprint density at radius 2 is 2.00 bits per heavy atom. The van der Waals surface area contributed by atoms with E-state index in [0.29, 0.717) is 12.1 Å². The summed E-state index contributed by atoms with van der Waals surface area (Å²) in [5, 5.41) is 22.3. The van der Waals surface area contributed by atoms with E-state index >= 15 is 0 Å². The molecule has 9 heteroatoms. The Balaban J connectivity index is 0.000000229. The van der Waals surface area contributed by atoms with E-state index in [0.717, 1.165) is 64.9 Å². The second-order valence-electron chi connectivity index (χ2n) is 7.33. The number of nitrogens with two attached hydrogens (primary N) is 1. The molecule has 1 atom stereocenters. The lowest BCUT2D eigenvalue weighted by Crippen LogP contribution is -2.19. The molecular weight excluding hydrogens is 404 g/mol. The Kier molecular flexibility index (Phi) is 8.41. The fourth-order valence-electron chi connectivity index (χ4n) is 3.52. The van der Waals surface area contributed by atoms with Crippen molar-refractivity contribution in [1.82, 2.24) is 29.9 Å². The van der Waals surface area contributed by atoms with Crippen LogP contribution in [0.25, 0.3) is 22.1 Å². The summed E-state index contributed by atoms with van der Waals surface area (Å²) in [7, 11) is 0. The lowest BCUT2D eigenvalue weighted by atomic mass is 10.2. The highest BCUT2D eigenvalue weighted by molar-refractivity contribution is 5.79. The number of hydrogen-bond donors (Lipinski definition) is 2. The number of hydrogen-bond acceptors (Lipinski definition) is 7. The highest BCUT2D eigenvalue weighted by Gasteiger charge is 2.20. The van der Waals surface area contributed by atoms with Gasteiger partial charge in [-0.15, -0.1) is 0 Å². The van der Waals surface area contributed by atoms with Gasteiger partial charge in [0.05, 0.1) is 11.3 Å². The van der Waals surface area contributed by atoms with E-state index in [-0.39, 0.29) is 21.1 Å². The third-order valence-corrected chi connectivity index (χ3v) is 5.18. The maximum absolute atomic E-state index is 8.90. The summed E-state index contributed by atoms with van der Waals surface area (Å²) in [6.45, 7) is 5.21. The zero-order valence-electron chi connectivity index (χ0n) is 17.1. The molecule has 0 bridgehead atoms. The Morgan fingerprint density at radius 1 is 1.19 bits per heavy atom. The molecule has 0 aromatic carbocycles. The molecule has 0 radical (unpaired) electrons. The first kappa shape index (κ1) is 24.9. The number of pyridine rings is 2. The molecule has 1 saturated heterocycles. The molecule has 32 heavy (non-hydrogen) atoms. The van der Waals surface area contributed by atoms with Gasteiger partial charge in [0.1, 0.15) is 6.07 Å². The van der Waals surface area contributed by atoms with Gasteiger partial charge in [-0.25, -0.2) is 14.6 Å². The second-order valence-corrected chi connectivity index (χ2v) is 7.33. The molecule has 4 aromatic heterocycles. The number of nitrogens with one attached hydrogen (secondary N) is 1. The quantitative estimate of drug-likeness (QED) is 0.478. The summed E-state index contributed by atoms with van der Waals surface area (Å²) in [5.41, 5.74) is 10.6. The molecule has 0 saturated carbocycles. The number of fused-ring (bicyclic) bond motifs is 2. The SMILES string of the molecule is C.C.Cc1[nH]nc2ncc(CN)cc12.Cc1nn(C2CCCCO2)c2ncc(C#N)cc12. The van der Waals surface area contributed by atoms with Crippen LogP contribution in [0.4, 0.5) is 0 Å². The van der Waals surface area contributed by atoms with Gasteiger partial charge in [-0.1, -0.05) is 14.9 Å². The fourth-order valence-corrected chi connectivity index (χ4v) is 3.52. The summed E-state index contributed by atoms with van der Waals surface area (Å²) in [6, 6.07) is 5.96. The van der Waals surface area contributed by atoms with Crippen molar-refractivity contribution in [2.45, 2.75) is 60.7 Å². The van der Waals surface area contributed by atoms with Crippen molar-refractivity contribution in [3.8, 4) is 6.07 Å². The van der Waals surface area contributed by atoms with Gasteiger partial charge in [0.2, 0.25) is 0 Å². The number of nitrogens with zero attached hydrogens (tertiary/aromatic N) is 6. The van der Waals surface area contributed by atoms with Crippen molar-refractivity contribution in [2.24, 2.45) is 5.73 Å². The van der Waals surface area contributed by atoms with Gasteiger partial charge in [0, 0.05) is 42.0 Å². The Morgan fingerprint density at radius 3 is 2.69 bits per heavy atom. The molecule has 3 N–H and O–H groups in total. The molecule has 5 rings (SSSR count). The van der Waals surface area contributed by atoms with Crippen molar-refractivity contribution in [3.05, 3.63) is 47.0 Å². The third kappa shape index (κ3) is 4.93. The largest absolute Gasteiger partial charge is 0.356 e. The monoisotopic (exact) mass is 436 g/mol. The molecule has 0 aliphatic carbocycles. The van der Waals surface area contributed by atoms with Crippen LogP contribution in [0.5, 0.6) is 0 Å². The van der Waals surface area contributed by atoms with Crippen molar-refractivity contribution >= 4 is 22.1 Å². The average Bonchev–Trinajstić information content (AvgIpc) is 3.34. The van der Waals surface area contributed by atoms with E-state index in [9.17, 15) is 0 Å². The van der Waals surface area contributed by atoms with E-state index in [4.69, 9.17) is 15.7 Å². The summed E-state index contributed by atoms with van der Waals surface area (Å²) >= 11 is 0. The Labute approximate surface area is 188 Å². The first-order valence-corrected chi connectivity index (χ1v) is 9.97. The molecular formula is C23H32N8O. The van der Waals surface area contributed by atoms with Crippen LogP contribution in [-0.4, -0.2) is 36.6 Å². The predicted molar refractivity (Wildman–Crippen MR) is 126 cm³/mol. The number of H-pyrrole nitrogens is 1. The molecule has 5 heterocycles. The summed E-state index contributed by atoms with van der Waals surface area (Å²) in [5.74, 6) is 0. The number of nitriles is 1. The topological polar surface area (TPSA) is 131 Å². The maximum Gasteiger partial charge on any atom is 0.181 e. The maximum atomic E-state index is 8.90. The summed E-state index contributed by atoms with van der Waals surface area (Å²) < 4.78 is 7.59. The van der Waals surface area contributed by atoms with Crippen molar-refractivity contribution < 1.29 is 4.74 Å². The van der Waals surface area contributed by atoms with Gasteiger partial charge >= 0.3 is 0 Å². The van der Waals surface area contributed by atoms with Gasteiger partial charge in [0.25, 0.3) is 0 Å². The van der Waals surface area contributed by atoms with Crippen LogP contribution in [0.15, 0.2) is 24.5 Å². The smallest absolute Gasteiger partial charge is 0.181 e. The van der Waals surface area contributed by atoms with E-state index in [2.05, 4.69) is 31.3 Å². The van der Waals surface area contributed by atoms with Gasteiger partial charge in [0.15, 0.2) is 17.5 Å². The molecule has 1 fully saturated rings. The van der Waals surface area contributed by atoms with Crippen molar-refractivity contribution in [2.75, 3.05) is 6.61 Å². The Bertz CT molecular complexity index is 1210. The number of rotatable bonds is 2. The first-order chi connectivity index (χ1) is 14.6. The summed E-state index contributed by atoms with van der Waals surface area (Å²) in [4.78, 5) is 8.50. The van der Waals surface area contributed by atoms with Crippen LogP contribution < -0.4 is 5.73 Å². The van der Waals surface area contributed by atoms with E-state index < -0.39 is 0 Å². The minimum atomic E-state index is -0.0182. The summed E-state index contributed by atoms with van der Waals surface area (Å²) in [6.07, 6.45) is 6.56. The average molecular weight is 437 g/mol. The van der Waals surface area contributed by atoms with Crippen LogP contribution in [0.3, 0.4) is 0 Å². The standard InChI is InChI=1S/C13H14N4O.C8H10N4.2CH4/c1-9-11-6-10(7-14)8-15-13(11)17(16-9)12-4-2-3-5-18-12;1-5-7-2-6(3-9)4-10-8(7)12-11-5;;/h6,8,12H,2-5H2,1H3;2,4H,3,9H2,1H3,(H,10,11,12);2*1H4. The molecule has 0 spiro atoms. The predicted octanol–water partition coefficient (Wildman–Crippen LogP) is 4.31. The second kappa shape index (κ2) is 10.8. The van der Waals surface area contributed by atoms with Gasteiger partial charge < -0.3 is 10.5 Å². The van der Waals surface area contributed by atoms with Gasteiger partial charge in [-0.3, -0.25) is 5.10 Å². The molecule has 1 aliphatic heterocycles. The first-order valence-electron chi connectivity index (χ1n) is 9.97. The number of ether oxygens (including phenoxy) is 1. The minimum absolute atomic E-state index is 0. The van der Waals surface area contributed by atoms with E-state index in [1.54, 1.807) is 12.4 Å². The third-order valence-electron chi connectivity index (χ3n) is 5.18. The zero-order chi connectivity index (χ0) is 21.1. The fraction of sp³-hybridized carbons (Fsp3) is 0.435. The number of aromatic amines is 1. The van der Waals surface area contributed by atoms with Crippen LogP contribution in [-0.2, 0) is 11.3 Å². The van der Waals surface area contributed by atoms with Gasteiger partial charge in [-0.05, 0) is 50.8 Å². The molecule has 170 valence electrons. The molecule has 4 aromatic rings. The van der Waals surface area contributed by atoms with E-state index in [1.807, 2.05) is 30.7 Å². The highest BCUT2D eigenvalue weighted by atomic mass is 16.5. The lowest BCUT2D eigenvalue weighted by Gasteiger charge is -2.22. The zero-order valence-corrected chi connectivity index (χ0v) is 17.1. The molecule has 1 aliphatic rings. The van der Waals surface area contributed by atoms with E-state index in [1.165, 1.54) is 0 Å². The highest BCUT2D eigenvalue weighted by Crippen LogP contribution is 2.27. The van der Waals surface area contributed by atoms with Gasteiger partial charge in [-0.2, -0.15) is 15.5 Å².